The van der Waals surface area contributed by atoms with Crippen LogP contribution in [-0.4, -0.2) is 26.8 Å². The lowest BCUT2D eigenvalue weighted by Gasteiger charge is -2.29. The van der Waals surface area contributed by atoms with E-state index in [9.17, 15) is 0 Å². The number of ether oxygens (including phenoxy) is 1. The third kappa shape index (κ3) is 3.70. The summed E-state index contributed by atoms with van der Waals surface area (Å²) in [5.41, 5.74) is 2.86. The molecule has 5 rings (SSSR count). The lowest BCUT2D eigenvalue weighted by Crippen LogP contribution is -2.30. The number of thiocarbonyl (C=S) groups is 1. The van der Waals surface area contributed by atoms with E-state index >= 15 is 0 Å². The number of pyridine rings is 2. The summed E-state index contributed by atoms with van der Waals surface area (Å²) in [5.74, 6) is 1.54. The first-order valence-corrected chi connectivity index (χ1v) is 10.9. The molecule has 1 saturated heterocycles. The van der Waals surface area contributed by atoms with Crippen molar-refractivity contribution in [3.05, 3.63) is 102 Å². The second kappa shape index (κ2) is 8.61. The van der Waals surface area contributed by atoms with E-state index in [0.29, 0.717) is 10.1 Å². The van der Waals surface area contributed by atoms with Crippen LogP contribution in [0.4, 0.5) is 5.69 Å². The number of halogens is 1. The standard InChI is InChI=1S/C24H20ClN5OS/c1-31-18-7-4-6-17(14-18)30-23(22(28-24(30)32)19-8-2-3-12-26-19)20-9-5-13-29(20)21-11-10-16(25)15-27-21/h2-15,22-23H,1H3,(H,28,32)/t22-,23-/m1/s1. The van der Waals surface area contributed by atoms with Crippen LogP contribution in [0.3, 0.4) is 0 Å². The Balaban J connectivity index is 1.66. The first kappa shape index (κ1) is 20.5. The predicted octanol–water partition coefficient (Wildman–Crippen LogP) is 5.11. The first-order chi connectivity index (χ1) is 15.7. The fourth-order valence-corrected chi connectivity index (χ4v) is 4.51. The molecule has 0 radical (unpaired) electrons. The molecule has 0 saturated carbocycles. The van der Waals surface area contributed by atoms with Gasteiger partial charge >= 0.3 is 0 Å². The molecule has 0 unspecified atom stereocenters. The zero-order valence-electron chi connectivity index (χ0n) is 17.2. The van der Waals surface area contributed by atoms with E-state index in [1.807, 2.05) is 66.9 Å². The molecule has 1 aromatic carbocycles. The molecule has 4 aromatic rings. The highest BCUT2D eigenvalue weighted by Crippen LogP contribution is 2.42. The Morgan fingerprint density at radius 2 is 1.94 bits per heavy atom. The van der Waals surface area contributed by atoms with Crippen LogP contribution in [0.5, 0.6) is 5.75 Å². The first-order valence-electron chi connectivity index (χ1n) is 10.1. The van der Waals surface area contributed by atoms with Crippen molar-refractivity contribution in [2.75, 3.05) is 12.0 Å². The van der Waals surface area contributed by atoms with Crippen LogP contribution in [-0.2, 0) is 0 Å². The molecule has 1 fully saturated rings. The number of nitrogens with one attached hydrogen (secondary N) is 1. The number of nitrogens with zero attached hydrogens (tertiary/aromatic N) is 4. The number of benzene rings is 1. The Labute approximate surface area is 196 Å². The van der Waals surface area contributed by atoms with Crippen molar-refractivity contribution in [2.45, 2.75) is 12.1 Å². The highest BCUT2D eigenvalue weighted by atomic mass is 35.5. The minimum absolute atomic E-state index is 0.157. The number of anilines is 1. The van der Waals surface area contributed by atoms with Gasteiger partial charge in [0.1, 0.15) is 17.6 Å². The number of hydrogen-bond donors (Lipinski definition) is 1. The summed E-state index contributed by atoms with van der Waals surface area (Å²) >= 11 is 11.9. The molecule has 0 bridgehead atoms. The smallest absolute Gasteiger partial charge is 0.174 e. The lowest BCUT2D eigenvalue weighted by atomic mass is 10.0. The lowest BCUT2D eigenvalue weighted by molar-refractivity contribution is 0.414. The summed E-state index contributed by atoms with van der Waals surface area (Å²) in [6.45, 7) is 0. The average Bonchev–Trinajstić information content (AvgIpc) is 3.44. The SMILES string of the molecule is COc1cccc(N2C(=S)N[C@H](c3ccccn3)[C@H]2c2cccn2-c2ccc(Cl)cn2)c1. The quantitative estimate of drug-likeness (QED) is 0.417. The third-order valence-electron chi connectivity index (χ3n) is 5.47. The molecule has 32 heavy (non-hydrogen) atoms. The molecule has 6 nitrogen and oxygen atoms in total. The van der Waals surface area contributed by atoms with Gasteiger partial charge in [0.05, 0.1) is 23.9 Å². The van der Waals surface area contributed by atoms with E-state index < -0.39 is 0 Å². The molecule has 1 N–H and O–H groups in total. The van der Waals surface area contributed by atoms with Gasteiger partial charge in [-0.1, -0.05) is 23.7 Å². The van der Waals surface area contributed by atoms with E-state index in [1.54, 1.807) is 19.5 Å². The van der Waals surface area contributed by atoms with Gasteiger partial charge in [-0.15, -0.1) is 0 Å². The summed E-state index contributed by atoms with van der Waals surface area (Å²) in [5, 5.41) is 4.70. The van der Waals surface area contributed by atoms with Gasteiger partial charge in [0.2, 0.25) is 0 Å². The molecule has 8 heteroatoms. The summed E-state index contributed by atoms with van der Waals surface area (Å²) in [6, 6.07) is 21.3. The molecule has 4 heterocycles. The van der Waals surface area contributed by atoms with Crippen LogP contribution in [0.2, 0.25) is 5.02 Å². The summed E-state index contributed by atoms with van der Waals surface area (Å²) in [4.78, 5) is 11.2. The Kier molecular flexibility index (Phi) is 5.51. The van der Waals surface area contributed by atoms with E-state index in [-0.39, 0.29) is 12.1 Å². The molecule has 1 aliphatic heterocycles. The van der Waals surface area contributed by atoms with E-state index in [4.69, 9.17) is 28.6 Å². The summed E-state index contributed by atoms with van der Waals surface area (Å²) in [6.07, 6.45) is 5.44. The Bertz CT molecular complexity index is 1240. The van der Waals surface area contributed by atoms with Crippen LogP contribution in [0.1, 0.15) is 23.5 Å². The maximum Gasteiger partial charge on any atom is 0.174 e. The Morgan fingerprint density at radius 1 is 1.03 bits per heavy atom. The zero-order valence-corrected chi connectivity index (χ0v) is 18.8. The minimum Gasteiger partial charge on any atom is -0.497 e. The largest absolute Gasteiger partial charge is 0.497 e. The van der Waals surface area contributed by atoms with Crippen molar-refractivity contribution in [2.24, 2.45) is 0 Å². The van der Waals surface area contributed by atoms with E-state index in [1.165, 1.54) is 0 Å². The fraction of sp³-hybridized carbons (Fsp3) is 0.125. The maximum absolute atomic E-state index is 6.07. The molecular formula is C24H20ClN5OS. The van der Waals surface area contributed by atoms with Gasteiger partial charge < -0.3 is 19.5 Å². The van der Waals surface area contributed by atoms with Gasteiger partial charge in [-0.25, -0.2) is 4.98 Å². The van der Waals surface area contributed by atoms with Gasteiger partial charge in [-0.05, 0) is 60.7 Å². The van der Waals surface area contributed by atoms with Crippen LogP contribution >= 0.6 is 23.8 Å². The highest BCUT2D eigenvalue weighted by Gasteiger charge is 2.42. The van der Waals surface area contributed by atoms with Gasteiger partial charge in [-0.3, -0.25) is 4.98 Å². The van der Waals surface area contributed by atoms with E-state index in [0.717, 1.165) is 28.6 Å². The Hall–Kier alpha value is -3.42. The molecule has 3 aromatic heterocycles. The highest BCUT2D eigenvalue weighted by molar-refractivity contribution is 7.80. The molecule has 0 amide bonds. The van der Waals surface area contributed by atoms with Gasteiger partial charge in [-0.2, -0.15) is 0 Å². The second-order valence-corrected chi connectivity index (χ2v) is 8.16. The minimum atomic E-state index is -0.169. The van der Waals surface area contributed by atoms with Crippen molar-refractivity contribution in [1.82, 2.24) is 19.9 Å². The normalized spacial score (nSPS) is 17.9. The maximum atomic E-state index is 6.07. The van der Waals surface area contributed by atoms with Gasteiger partial charge in [0.25, 0.3) is 0 Å². The van der Waals surface area contributed by atoms with Gasteiger partial charge in [0.15, 0.2) is 5.11 Å². The van der Waals surface area contributed by atoms with Crippen molar-refractivity contribution in [3.63, 3.8) is 0 Å². The molecule has 0 aliphatic carbocycles. The van der Waals surface area contributed by atoms with Crippen LogP contribution < -0.4 is 15.0 Å². The predicted molar refractivity (Wildman–Crippen MR) is 129 cm³/mol. The number of rotatable bonds is 5. The van der Waals surface area contributed by atoms with Crippen molar-refractivity contribution in [3.8, 4) is 11.6 Å². The Morgan fingerprint density at radius 3 is 2.69 bits per heavy atom. The van der Waals surface area contributed by atoms with Gasteiger partial charge in [0, 0.05) is 36.0 Å². The molecule has 2 atom stereocenters. The molecule has 1 aliphatic rings. The summed E-state index contributed by atoms with van der Waals surface area (Å²) < 4.78 is 7.52. The van der Waals surface area contributed by atoms with Crippen LogP contribution in [0.25, 0.3) is 5.82 Å². The number of aromatic nitrogens is 3. The molecule has 160 valence electrons. The second-order valence-electron chi connectivity index (χ2n) is 7.34. The average molecular weight is 462 g/mol. The van der Waals surface area contributed by atoms with Crippen molar-refractivity contribution < 1.29 is 4.74 Å². The zero-order chi connectivity index (χ0) is 22.1. The third-order valence-corrected chi connectivity index (χ3v) is 6.01. The topological polar surface area (TPSA) is 55.2 Å². The summed E-state index contributed by atoms with van der Waals surface area (Å²) in [7, 11) is 1.66. The molecule has 0 spiro atoms. The fourth-order valence-electron chi connectivity index (χ4n) is 4.05. The van der Waals surface area contributed by atoms with Crippen molar-refractivity contribution >= 4 is 34.6 Å². The number of methoxy groups -OCH3 is 1. The van der Waals surface area contributed by atoms with Crippen LogP contribution in [0, 0.1) is 0 Å². The number of hydrogen-bond acceptors (Lipinski definition) is 4. The van der Waals surface area contributed by atoms with E-state index in [2.05, 4.69) is 30.8 Å². The molecular weight excluding hydrogens is 442 g/mol. The monoisotopic (exact) mass is 461 g/mol. The van der Waals surface area contributed by atoms with Crippen LogP contribution in [0.15, 0.2) is 85.3 Å². The van der Waals surface area contributed by atoms with Crippen molar-refractivity contribution in [1.29, 1.82) is 0 Å².